The molecule has 1 aliphatic carbocycles. The summed E-state index contributed by atoms with van der Waals surface area (Å²) in [6, 6.07) is -0.0143. The van der Waals surface area contributed by atoms with Crippen LogP contribution in [0.4, 0.5) is 0 Å². The molecular weight excluding hydrogens is 216 g/mol. The maximum Gasteiger partial charge on any atom is 0.237 e. The Balaban J connectivity index is 1.89. The van der Waals surface area contributed by atoms with Gasteiger partial charge in [-0.3, -0.25) is 4.79 Å². The molecule has 0 aromatic heterocycles. The van der Waals surface area contributed by atoms with Gasteiger partial charge in [-0.1, -0.05) is 6.08 Å². The molecule has 3 atom stereocenters. The van der Waals surface area contributed by atoms with Crippen molar-refractivity contribution in [3.63, 3.8) is 0 Å². The summed E-state index contributed by atoms with van der Waals surface area (Å²) >= 11 is 0. The molecule has 4 nitrogen and oxygen atoms in total. The van der Waals surface area contributed by atoms with Crippen molar-refractivity contribution in [3.05, 3.63) is 12.7 Å². The minimum atomic E-state index is -0.181. The molecule has 1 unspecified atom stereocenters. The van der Waals surface area contributed by atoms with E-state index in [9.17, 15) is 4.79 Å². The molecule has 0 radical (unpaired) electrons. The van der Waals surface area contributed by atoms with Crippen molar-refractivity contribution < 1.29 is 9.53 Å². The fraction of sp³-hybridized carbons (Fsp3) is 0.769. The fourth-order valence-corrected chi connectivity index (χ4v) is 2.51. The normalized spacial score (nSPS) is 35.6. The summed E-state index contributed by atoms with van der Waals surface area (Å²) in [5.74, 6) is 0.478. The standard InChI is InChI=1S/C13H22N2O2/c1-3-10-8-13(10,9-17-4-2)15-12(16)11-6-5-7-14-11/h3,10-11,14H,1,4-9H2,2H3,(H,15,16)/t10-,11?,13+/m1/s1. The Hall–Kier alpha value is -0.870. The lowest BCUT2D eigenvalue weighted by atomic mass is 10.1. The predicted octanol–water partition coefficient (Wildman–Crippen LogP) is 0.836. The summed E-state index contributed by atoms with van der Waals surface area (Å²) in [6.07, 6.45) is 4.90. The van der Waals surface area contributed by atoms with Gasteiger partial charge in [0.1, 0.15) is 0 Å². The number of amides is 1. The van der Waals surface area contributed by atoms with Gasteiger partial charge in [0.15, 0.2) is 0 Å². The average Bonchev–Trinajstić information content (AvgIpc) is 2.79. The van der Waals surface area contributed by atoms with Gasteiger partial charge in [0, 0.05) is 12.5 Å². The zero-order chi connectivity index (χ0) is 12.3. The van der Waals surface area contributed by atoms with Crippen molar-refractivity contribution in [1.29, 1.82) is 0 Å². The van der Waals surface area contributed by atoms with Crippen LogP contribution in [0.15, 0.2) is 12.7 Å². The van der Waals surface area contributed by atoms with Crippen LogP contribution in [0, 0.1) is 5.92 Å². The monoisotopic (exact) mass is 238 g/mol. The predicted molar refractivity (Wildman–Crippen MR) is 66.7 cm³/mol. The van der Waals surface area contributed by atoms with Gasteiger partial charge >= 0.3 is 0 Å². The van der Waals surface area contributed by atoms with Gasteiger partial charge in [-0.05, 0) is 32.7 Å². The average molecular weight is 238 g/mol. The highest BCUT2D eigenvalue weighted by molar-refractivity contribution is 5.83. The van der Waals surface area contributed by atoms with Gasteiger partial charge in [0.05, 0.1) is 18.2 Å². The third-order valence-corrected chi connectivity index (χ3v) is 3.73. The number of carbonyl (C=O) groups excluding carboxylic acids is 1. The first kappa shape index (κ1) is 12.6. The van der Waals surface area contributed by atoms with Crippen LogP contribution < -0.4 is 10.6 Å². The maximum atomic E-state index is 12.1. The summed E-state index contributed by atoms with van der Waals surface area (Å²) in [4.78, 5) is 12.1. The van der Waals surface area contributed by atoms with Crippen LogP contribution >= 0.6 is 0 Å². The highest BCUT2D eigenvalue weighted by Crippen LogP contribution is 2.44. The molecule has 1 heterocycles. The van der Waals surface area contributed by atoms with Gasteiger partial charge in [-0.2, -0.15) is 0 Å². The van der Waals surface area contributed by atoms with Crippen LogP contribution in [-0.2, 0) is 9.53 Å². The van der Waals surface area contributed by atoms with E-state index in [4.69, 9.17) is 4.74 Å². The molecule has 2 fully saturated rings. The number of ether oxygens (including phenoxy) is 1. The molecule has 96 valence electrons. The lowest BCUT2D eigenvalue weighted by molar-refractivity contribution is -0.124. The molecule has 1 saturated heterocycles. The van der Waals surface area contributed by atoms with E-state index in [0.717, 1.165) is 25.8 Å². The Morgan fingerprint density at radius 3 is 3.06 bits per heavy atom. The maximum absolute atomic E-state index is 12.1. The Labute approximate surface area is 103 Å². The first-order chi connectivity index (χ1) is 8.22. The number of carbonyl (C=O) groups is 1. The molecule has 0 aromatic carbocycles. The second-order valence-corrected chi connectivity index (χ2v) is 4.98. The highest BCUT2D eigenvalue weighted by Gasteiger charge is 2.54. The minimum Gasteiger partial charge on any atom is -0.379 e. The molecule has 0 spiro atoms. The van der Waals surface area contributed by atoms with Gasteiger partial charge in [0.25, 0.3) is 0 Å². The van der Waals surface area contributed by atoms with Gasteiger partial charge in [-0.15, -0.1) is 6.58 Å². The van der Waals surface area contributed by atoms with Crippen LogP contribution in [0.1, 0.15) is 26.2 Å². The Morgan fingerprint density at radius 2 is 2.53 bits per heavy atom. The lowest BCUT2D eigenvalue weighted by Crippen LogP contribution is -2.49. The second kappa shape index (κ2) is 5.19. The molecule has 0 bridgehead atoms. The molecule has 2 aliphatic rings. The molecule has 1 amide bonds. The van der Waals surface area contributed by atoms with E-state index in [2.05, 4.69) is 17.2 Å². The minimum absolute atomic E-state index is 0.0143. The molecule has 1 aliphatic heterocycles. The first-order valence-corrected chi connectivity index (χ1v) is 6.47. The number of hydrogen-bond donors (Lipinski definition) is 2. The van der Waals surface area contributed by atoms with E-state index in [1.54, 1.807) is 0 Å². The van der Waals surface area contributed by atoms with Crippen LogP contribution in [0.5, 0.6) is 0 Å². The van der Waals surface area contributed by atoms with E-state index in [1.807, 2.05) is 13.0 Å². The van der Waals surface area contributed by atoms with Crippen LogP contribution in [0.2, 0.25) is 0 Å². The van der Waals surface area contributed by atoms with Crippen molar-refractivity contribution in [2.45, 2.75) is 37.8 Å². The van der Waals surface area contributed by atoms with Crippen molar-refractivity contribution in [2.75, 3.05) is 19.8 Å². The summed E-state index contributed by atoms with van der Waals surface area (Å²) < 4.78 is 5.47. The van der Waals surface area contributed by atoms with E-state index in [1.165, 1.54) is 0 Å². The van der Waals surface area contributed by atoms with Crippen molar-refractivity contribution in [3.8, 4) is 0 Å². The number of rotatable bonds is 6. The molecule has 17 heavy (non-hydrogen) atoms. The van der Waals surface area contributed by atoms with Gasteiger partial charge < -0.3 is 15.4 Å². The Kier molecular flexibility index (Phi) is 3.84. The smallest absolute Gasteiger partial charge is 0.237 e. The molecule has 0 aromatic rings. The summed E-state index contributed by atoms with van der Waals surface area (Å²) in [5.41, 5.74) is -0.181. The largest absolute Gasteiger partial charge is 0.379 e. The molecule has 1 saturated carbocycles. The van der Waals surface area contributed by atoms with Gasteiger partial charge in [0.2, 0.25) is 5.91 Å². The number of hydrogen-bond acceptors (Lipinski definition) is 3. The van der Waals surface area contributed by atoms with Crippen LogP contribution in [-0.4, -0.2) is 37.2 Å². The third kappa shape index (κ3) is 2.69. The second-order valence-electron chi connectivity index (χ2n) is 4.98. The van der Waals surface area contributed by atoms with E-state index >= 15 is 0 Å². The fourth-order valence-electron chi connectivity index (χ4n) is 2.51. The van der Waals surface area contributed by atoms with E-state index in [0.29, 0.717) is 19.1 Å². The van der Waals surface area contributed by atoms with E-state index in [-0.39, 0.29) is 17.5 Å². The van der Waals surface area contributed by atoms with Crippen LogP contribution in [0.3, 0.4) is 0 Å². The summed E-state index contributed by atoms with van der Waals surface area (Å²) in [7, 11) is 0. The molecule has 4 heteroatoms. The first-order valence-electron chi connectivity index (χ1n) is 6.47. The Morgan fingerprint density at radius 1 is 1.71 bits per heavy atom. The van der Waals surface area contributed by atoms with Gasteiger partial charge in [-0.25, -0.2) is 0 Å². The summed E-state index contributed by atoms with van der Waals surface area (Å²) in [5, 5.41) is 6.36. The lowest BCUT2D eigenvalue weighted by Gasteiger charge is -2.21. The quantitative estimate of drug-likeness (QED) is 0.674. The van der Waals surface area contributed by atoms with Crippen LogP contribution in [0.25, 0.3) is 0 Å². The zero-order valence-electron chi connectivity index (χ0n) is 10.5. The molecule has 2 rings (SSSR count). The van der Waals surface area contributed by atoms with Crippen molar-refractivity contribution >= 4 is 5.91 Å². The van der Waals surface area contributed by atoms with Crippen molar-refractivity contribution in [2.24, 2.45) is 5.92 Å². The summed E-state index contributed by atoms with van der Waals surface area (Å²) in [6.45, 7) is 8.01. The zero-order valence-corrected chi connectivity index (χ0v) is 10.5. The molecular formula is C13H22N2O2. The van der Waals surface area contributed by atoms with E-state index < -0.39 is 0 Å². The van der Waals surface area contributed by atoms with Crippen molar-refractivity contribution in [1.82, 2.24) is 10.6 Å². The third-order valence-electron chi connectivity index (χ3n) is 3.73. The topological polar surface area (TPSA) is 50.4 Å². The highest BCUT2D eigenvalue weighted by atomic mass is 16.5. The molecule has 2 N–H and O–H groups in total. The Bertz CT molecular complexity index is 300. The SMILES string of the molecule is C=C[C@@H]1C[C@@]1(COCC)NC(=O)C1CCCN1. The number of nitrogens with one attached hydrogen (secondary N) is 2.